The van der Waals surface area contributed by atoms with Crippen LogP contribution in [0.15, 0.2) is 54.6 Å². The summed E-state index contributed by atoms with van der Waals surface area (Å²) in [6, 6.07) is 19.9. The maximum atomic E-state index is 12.6. The van der Waals surface area contributed by atoms with E-state index in [0.717, 1.165) is 6.42 Å². The molecule has 1 fully saturated rings. The van der Waals surface area contributed by atoms with Crippen molar-refractivity contribution in [2.45, 2.75) is 64.6 Å². The largest absolute Gasteiger partial charge is 0.444 e. The summed E-state index contributed by atoms with van der Waals surface area (Å²) in [5, 5.41) is 3.69. The molecule has 2 aromatic carbocycles. The third-order valence-electron chi connectivity index (χ3n) is 5.23. The molecule has 1 amide bonds. The van der Waals surface area contributed by atoms with Gasteiger partial charge in [-0.1, -0.05) is 68.4 Å². The molecule has 0 spiro atoms. The summed E-state index contributed by atoms with van der Waals surface area (Å²) in [4.78, 5) is 14.5. The van der Waals surface area contributed by atoms with E-state index >= 15 is 0 Å². The molecule has 0 saturated carbocycles. The van der Waals surface area contributed by atoms with E-state index in [2.05, 4.69) is 67.7 Å². The van der Waals surface area contributed by atoms with Gasteiger partial charge in [-0.15, -0.1) is 0 Å². The molecule has 0 aromatic heterocycles. The van der Waals surface area contributed by atoms with Crippen molar-refractivity contribution < 1.29 is 9.53 Å². The Kier molecular flexibility index (Phi) is 6.63. The van der Waals surface area contributed by atoms with Crippen molar-refractivity contribution in [3.8, 4) is 11.1 Å². The van der Waals surface area contributed by atoms with Crippen LogP contribution in [0, 0.1) is 0 Å². The van der Waals surface area contributed by atoms with E-state index < -0.39 is 5.60 Å². The van der Waals surface area contributed by atoms with Gasteiger partial charge in [0.25, 0.3) is 0 Å². The van der Waals surface area contributed by atoms with Crippen LogP contribution in [-0.2, 0) is 4.74 Å². The average molecular weight is 395 g/mol. The first-order valence-corrected chi connectivity index (χ1v) is 10.6. The van der Waals surface area contributed by atoms with Crippen molar-refractivity contribution in [2.24, 2.45) is 0 Å². The van der Waals surface area contributed by atoms with Gasteiger partial charge in [0.15, 0.2) is 0 Å². The molecule has 3 rings (SSSR count). The zero-order chi connectivity index (χ0) is 21.0. The summed E-state index contributed by atoms with van der Waals surface area (Å²) in [6.07, 6.45) is 0.701. The van der Waals surface area contributed by atoms with E-state index in [1.165, 1.54) is 16.7 Å². The Labute approximate surface area is 175 Å². The molecule has 0 unspecified atom stereocenters. The van der Waals surface area contributed by atoms with E-state index in [4.69, 9.17) is 4.74 Å². The number of nitrogens with zero attached hydrogens (tertiary/aromatic N) is 1. The molecule has 1 saturated heterocycles. The minimum atomic E-state index is -0.473. The van der Waals surface area contributed by atoms with Gasteiger partial charge in [-0.05, 0) is 43.9 Å². The smallest absolute Gasteiger partial charge is 0.410 e. The number of piperidine rings is 1. The number of nitrogens with one attached hydrogen (secondary N) is 1. The fourth-order valence-electron chi connectivity index (χ4n) is 4.02. The second-order valence-electron chi connectivity index (χ2n) is 9.24. The van der Waals surface area contributed by atoms with Crippen molar-refractivity contribution in [3.05, 3.63) is 60.2 Å². The van der Waals surface area contributed by atoms with Crippen LogP contribution in [0.4, 0.5) is 4.79 Å². The summed E-state index contributed by atoms with van der Waals surface area (Å²) in [6.45, 7) is 11.4. The van der Waals surface area contributed by atoms with Crippen molar-refractivity contribution in [1.29, 1.82) is 0 Å². The molecule has 1 N–H and O–H groups in total. The fourth-order valence-corrected chi connectivity index (χ4v) is 4.02. The summed E-state index contributed by atoms with van der Waals surface area (Å²) < 4.78 is 5.61. The molecule has 156 valence electrons. The maximum absolute atomic E-state index is 12.6. The second-order valence-corrected chi connectivity index (χ2v) is 9.24. The van der Waals surface area contributed by atoms with Crippen LogP contribution in [0.25, 0.3) is 11.1 Å². The first kappa shape index (κ1) is 21.4. The number of carbonyl (C=O) groups is 1. The van der Waals surface area contributed by atoms with Gasteiger partial charge in [0, 0.05) is 31.1 Å². The molecule has 4 heteroatoms. The molecular weight excluding hydrogens is 360 g/mol. The van der Waals surface area contributed by atoms with Crippen LogP contribution in [-0.4, -0.2) is 41.8 Å². The second kappa shape index (κ2) is 9.00. The van der Waals surface area contributed by atoms with Gasteiger partial charge in [-0.2, -0.15) is 0 Å². The first-order chi connectivity index (χ1) is 13.7. The summed E-state index contributed by atoms with van der Waals surface area (Å²) in [5.41, 5.74) is 3.32. The quantitative estimate of drug-likeness (QED) is 0.750. The Morgan fingerprint density at radius 3 is 2.41 bits per heavy atom. The molecular formula is C25H34N2O2. The Hall–Kier alpha value is -2.33. The number of hydrogen-bond acceptors (Lipinski definition) is 3. The molecule has 1 heterocycles. The van der Waals surface area contributed by atoms with Gasteiger partial charge in [0.05, 0.1) is 0 Å². The standard InChI is InChI=1S/C25H34N2O2/c1-18(2)26-23-17-27(24(28)29-25(3,4)5)15-14-22(23)21-13-9-12-20(16-21)19-10-7-6-8-11-19/h6-13,16,18,22-23,26H,14-15,17H2,1-5H3/t22-,23+/m0/s1. The lowest BCUT2D eigenvalue weighted by Crippen LogP contribution is -2.54. The van der Waals surface area contributed by atoms with Gasteiger partial charge in [0.2, 0.25) is 0 Å². The lowest BCUT2D eigenvalue weighted by atomic mass is 9.84. The first-order valence-electron chi connectivity index (χ1n) is 10.6. The summed E-state index contributed by atoms with van der Waals surface area (Å²) in [7, 11) is 0. The van der Waals surface area contributed by atoms with Crippen LogP contribution < -0.4 is 5.32 Å². The van der Waals surface area contributed by atoms with Gasteiger partial charge in [0.1, 0.15) is 5.60 Å². The van der Waals surface area contributed by atoms with E-state index in [1.54, 1.807) is 0 Å². The number of rotatable bonds is 4. The van der Waals surface area contributed by atoms with Crippen LogP contribution in [0.5, 0.6) is 0 Å². The zero-order valence-electron chi connectivity index (χ0n) is 18.3. The minimum Gasteiger partial charge on any atom is -0.444 e. The third kappa shape index (κ3) is 5.83. The number of benzene rings is 2. The number of hydrogen-bond donors (Lipinski definition) is 1. The Bertz CT molecular complexity index is 811. The van der Waals surface area contributed by atoms with Gasteiger partial charge < -0.3 is 15.0 Å². The molecule has 0 radical (unpaired) electrons. The van der Waals surface area contributed by atoms with Crippen molar-refractivity contribution in [3.63, 3.8) is 0 Å². The SMILES string of the molecule is CC(C)N[C@@H]1CN(C(=O)OC(C)(C)C)CC[C@H]1c1cccc(-c2ccccc2)c1. The van der Waals surface area contributed by atoms with E-state index in [1.807, 2.05) is 31.7 Å². The van der Waals surface area contributed by atoms with Crippen molar-refractivity contribution >= 4 is 6.09 Å². The Balaban J connectivity index is 1.81. The van der Waals surface area contributed by atoms with Gasteiger partial charge >= 0.3 is 6.09 Å². The minimum absolute atomic E-state index is 0.197. The highest BCUT2D eigenvalue weighted by Crippen LogP contribution is 2.32. The Morgan fingerprint density at radius 2 is 1.76 bits per heavy atom. The normalized spacial score (nSPS) is 20.0. The van der Waals surface area contributed by atoms with Gasteiger partial charge in [-0.25, -0.2) is 4.79 Å². The number of amides is 1. The van der Waals surface area contributed by atoms with E-state index in [9.17, 15) is 4.79 Å². The molecule has 4 nitrogen and oxygen atoms in total. The fraction of sp³-hybridized carbons (Fsp3) is 0.480. The number of carbonyl (C=O) groups excluding carboxylic acids is 1. The average Bonchev–Trinajstić information content (AvgIpc) is 2.67. The molecule has 0 aliphatic carbocycles. The Morgan fingerprint density at radius 1 is 1.07 bits per heavy atom. The number of ether oxygens (including phenoxy) is 1. The van der Waals surface area contributed by atoms with Crippen molar-refractivity contribution in [1.82, 2.24) is 10.2 Å². The lowest BCUT2D eigenvalue weighted by Gasteiger charge is -2.40. The van der Waals surface area contributed by atoms with Crippen LogP contribution in [0.2, 0.25) is 0 Å². The predicted octanol–water partition coefficient (Wildman–Crippen LogP) is 5.44. The molecule has 1 aliphatic heterocycles. The highest BCUT2D eigenvalue weighted by Gasteiger charge is 2.34. The lowest BCUT2D eigenvalue weighted by molar-refractivity contribution is 0.0167. The van der Waals surface area contributed by atoms with E-state index in [0.29, 0.717) is 25.0 Å². The molecule has 2 aromatic rings. The van der Waals surface area contributed by atoms with Crippen LogP contribution >= 0.6 is 0 Å². The predicted molar refractivity (Wildman–Crippen MR) is 119 cm³/mol. The molecule has 1 aliphatic rings. The molecule has 0 bridgehead atoms. The van der Waals surface area contributed by atoms with Crippen molar-refractivity contribution in [2.75, 3.05) is 13.1 Å². The molecule has 2 atom stereocenters. The zero-order valence-corrected chi connectivity index (χ0v) is 18.3. The molecule has 29 heavy (non-hydrogen) atoms. The van der Waals surface area contributed by atoms with Gasteiger partial charge in [-0.3, -0.25) is 0 Å². The summed E-state index contributed by atoms with van der Waals surface area (Å²) in [5.74, 6) is 0.361. The van der Waals surface area contributed by atoms with E-state index in [-0.39, 0.29) is 12.1 Å². The third-order valence-corrected chi connectivity index (χ3v) is 5.23. The monoisotopic (exact) mass is 394 g/mol. The topological polar surface area (TPSA) is 41.6 Å². The maximum Gasteiger partial charge on any atom is 0.410 e. The van der Waals surface area contributed by atoms with Crippen LogP contribution in [0.3, 0.4) is 0 Å². The van der Waals surface area contributed by atoms with Crippen LogP contribution in [0.1, 0.15) is 52.5 Å². The highest BCUT2D eigenvalue weighted by molar-refractivity contribution is 5.68. The highest BCUT2D eigenvalue weighted by atomic mass is 16.6. The summed E-state index contributed by atoms with van der Waals surface area (Å²) >= 11 is 0. The number of likely N-dealkylation sites (tertiary alicyclic amines) is 1.